The van der Waals surface area contributed by atoms with Crippen LogP contribution in [0.1, 0.15) is 41.5 Å². The maximum Gasteiger partial charge on any atom is 0.342 e. The summed E-state index contributed by atoms with van der Waals surface area (Å²) in [5.74, 6) is -2.05. The smallest absolute Gasteiger partial charge is 0.342 e. The number of aromatic hydroxyl groups is 2. The van der Waals surface area contributed by atoms with Gasteiger partial charge in [0.05, 0.1) is 0 Å². The number of carbonyl (C=O) groups excluding carboxylic acids is 3. The lowest BCUT2D eigenvalue weighted by Gasteiger charge is -2.17. The lowest BCUT2D eigenvalue weighted by atomic mass is 9.95. The second-order valence-electron chi connectivity index (χ2n) is 8.12. The molecule has 0 saturated heterocycles. The Kier molecular flexibility index (Phi) is 5.97. The summed E-state index contributed by atoms with van der Waals surface area (Å²) in [4.78, 5) is 36.8. The summed E-state index contributed by atoms with van der Waals surface area (Å²) in [6.45, 7) is 4.84. The number of esters is 1. The third-order valence-electron chi connectivity index (χ3n) is 4.69. The van der Waals surface area contributed by atoms with Crippen LogP contribution in [-0.2, 0) is 9.53 Å². The highest BCUT2D eigenvalue weighted by atomic mass is 16.5. The lowest BCUT2D eigenvalue weighted by molar-refractivity contribution is -0.123. The summed E-state index contributed by atoms with van der Waals surface area (Å²) >= 11 is 0. The monoisotopic (exact) mass is 421 g/mol. The fraction of sp³-hybridized carbons (Fsp3) is 0.208. The van der Waals surface area contributed by atoms with Gasteiger partial charge in [0.25, 0.3) is 0 Å². The van der Waals surface area contributed by atoms with E-state index >= 15 is 0 Å². The molecule has 0 aliphatic heterocycles. The Morgan fingerprint density at radius 3 is 2.16 bits per heavy atom. The molecule has 0 aliphatic carbocycles. The van der Waals surface area contributed by atoms with Gasteiger partial charge < -0.3 is 20.3 Å². The molecule has 0 bridgehead atoms. The van der Waals surface area contributed by atoms with Crippen molar-refractivity contribution in [2.75, 3.05) is 11.9 Å². The molecule has 0 saturated carbocycles. The number of phenolic OH excluding ortho intramolecular Hbond substituents is 2. The van der Waals surface area contributed by atoms with Gasteiger partial charge in [-0.05, 0) is 30.3 Å². The highest BCUT2D eigenvalue weighted by Crippen LogP contribution is 2.35. The SMILES string of the molecule is CC(C)(C)C(=O)Nc1ccc(C(=O)COC(=O)c2cc(O)c3ccccc3c2O)cc1. The standard InChI is InChI=1S/C24H23NO6/c1-24(2,3)23(30)25-15-10-8-14(9-11-15)20(27)13-31-22(29)18-12-19(26)16-6-4-5-7-17(16)21(18)28/h4-12,26,28H,13H2,1-3H3,(H,25,30). The van der Waals surface area contributed by atoms with Gasteiger partial charge in [-0.2, -0.15) is 0 Å². The lowest BCUT2D eigenvalue weighted by Crippen LogP contribution is -2.27. The maximum absolute atomic E-state index is 12.4. The van der Waals surface area contributed by atoms with Crippen molar-refractivity contribution in [2.24, 2.45) is 5.41 Å². The molecule has 3 aromatic carbocycles. The van der Waals surface area contributed by atoms with Crippen molar-refractivity contribution in [3.8, 4) is 11.5 Å². The summed E-state index contributed by atoms with van der Waals surface area (Å²) in [5.41, 5.74) is 0.0623. The highest BCUT2D eigenvalue weighted by Gasteiger charge is 2.22. The molecule has 0 heterocycles. The number of benzene rings is 3. The molecular weight excluding hydrogens is 398 g/mol. The van der Waals surface area contributed by atoms with Crippen LogP contribution in [0.3, 0.4) is 0 Å². The number of fused-ring (bicyclic) bond motifs is 1. The summed E-state index contributed by atoms with van der Waals surface area (Å²) < 4.78 is 5.04. The highest BCUT2D eigenvalue weighted by molar-refractivity contribution is 6.05. The molecule has 0 aliphatic rings. The molecule has 3 rings (SSSR count). The fourth-order valence-electron chi connectivity index (χ4n) is 2.85. The van der Waals surface area contributed by atoms with E-state index in [1.807, 2.05) is 0 Å². The molecule has 0 aromatic heterocycles. The van der Waals surface area contributed by atoms with Crippen LogP contribution in [0, 0.1) is 5.41 Å². The fourth-order valence-corrected chi connectivity index (χ4v) is 2.85. The van der Waals surface area contributed by atoms with Crippen molar-refractivity contribution in [1.29, 1.82) is 0 Å². The molecule has 0 fully saturated rings. The zero-order valence-electron chi connectivity index (χ0n) is 17.4. The van der Waals surface area contributed by atoms with Crippen molar-refractivity contribution in [2.45, 2.75) is 20.8 Å². The van der Waals surface area contributed by atoms with E-state index in [0.29, 0.717) is 22.0 Å². The first-order chi connectivity index (χ1) is 14.6. The second-order valence-corrected chi connectivity index (χ2v) is 8.12. The molecule has 0 unspecified atom stereocenters. The Bertz CT molecular complexity index is 1160. The van der Waals surface area contributed by atoms with Crippen LogP contribution in [0.4, 0.5) is 5.69 Å². The predicted octanol–water partition coefficient (Wildman–Crippen LogP) is 4.28. The van der Waals surface area contributed by atoms with Crippen LogP contribution in [0.15, 0.2) is 54.6 Å². The van der Waals surface area contributed by atoms with Gasteiger partial charge in [-0.3, -0.25) is 9.59 Å². The summed E-state index contributed by atoms with van der Waals surface area (Å²) in [6.07, 6.45) is 0. The first kappa shape index (κ1) is 21.8. The topological polar surface area (TPSA) is 113 Å². The van der Waals surface area contributed by atoms with E-state index in [1.165, 1.54) is 12.1 Å². The third-order valence-corrected chi connectivity index (χ3v) is 4.69. The molecule has 160 valence electrons. The number of nitrogens with one attached hydrogen (secondary N) is 1. The van der Waals surface area contributed by atoms with Gasteiger partial charge in [0, 0.05) is 27.4 Å². The van der Waals surface area contributed by atoms with Crippen molar-refractivity contribution in [3.05, 3.63) is 65.7 Å². The number of amides is 1. The third kappa shape index (κ3) is 4.83. The number of hydrogen-bond acceptors (Lipinski definition) is 6. The first-order valence-electron chi connectivity index (χ1n) is 9.63. The Morgan fingerprint density at radius 2 is 1.55 bits per heavy atom. The van der Waals surface area contributed by atoms with Crippen LogP contribution in [0.5, 0.6) is 11.5 Å². The molecule has 0 spiro atoms. The van der Waals surface area contributed by atoms with E-state index in [-0.39, 0.29) is 23.0 Å². The van der Waals surface area contributed by atoms with Gasteiger partial charge in [0.15, 0.2) is 12.4 Å². The average molecular weight is 421 g/mol. The zero-order chi connectivity index (χ0) is 22.8. The summed E-state index contributed by atoms with van der Waals surface area (Å²) in [6, 6.07) is 13.9. The predicted molar refractivity (Wildman–Crippen MR) is 116 cm³/mol. The van der Waals surface area contributed by atoms with Crippen molar-refractivity contribution in [3.63, 3.8) is 0 Å². The van der Waals surface area contributed by atoms with Gasteiger partial charge in [-0.1, -0.05) is 45.0 Å². The van der Waals surface area contributed by atoms with E-state index in [4.69, 9.17) is 4.74 Å². The molecule has 1 amide bonds. The number of ketones is 1. The minimum atomic E-state index is -0.930. The number of phenols is 2. The molecule has 7 nitrogen and oxygen atoms in total. The van der Waals surface area contributed by atoms with Gasteiger partial charge >= 0.3 is 5.97 Å². The Morgan fingerprint density at radius 1 is 0.935 bits per heavy atom. The minimum Gasteiger partial charge on any atom is -0.507 e. The first-order valence-corrected chi connectivity index (χ1v) is 9.63. The van der Waals surface area contributed by atoms with Gasteiger partial charge in [-0.25, -0.2) is 4.79 Å². The molecule has 0 radical (unpaired) electrons. The summed E-state index contributed by atoms with van der Waals surface area (Å²) in [7, 11) is 0. The number of rotatable bonds is 5. The van der Waals surface area contributed by atoms with E-state index < -0.39 is 23.8 Å². The second kappa shape index (κ2) is 8.47. The van der Waals surface area contributed by atoms with Crippen molar-refractivity contribution in [1.82, 2.24) is 0 Å². The van der Waals surface area contributed by atoms with Gasteiger partial charge in [-0.15, -0.1) is 0 Å². The Hall–Kier alpha value is -3.87. The van der Waals surface area contributed by atoms with E-state index in [0.717, 1.165) is 6.07 Å². The molecular formula is C24H23NO6. The van der Waals surface area contributed by atoms with Crippen LogP contribution < -0.4 is 5.32 Å². The van der Waals surface area contributed by atoms with Crippen molar-refractivity contribution >= 4 is 34.1 Å². The molecule has 7 heteroatoms. The average Bonchev–Trinajstić information content (AvgIpc) is 2.74. The van der Waals surface area contributed by atoms with Crippen molar-refractivity contribution < 1.29 is 29.3 Å². The minimum absolute atomic E-state index is 0.154. The molecule has 3 aromatic rings. The van der Waals surface area contributed by atoms with Crippen LogP contribution in [0.25, 0.3) is 10.8 Å². The summed E-state index contributed by atoms with van der Waals surface area (Å²) in [5, 5.41) is 23.9. The maximum atomic E-state index is 12.4. The van der Waals surface area contributed by atoms with Gasteiger partial charge in [0.2, 0.25) is 5.91 Å². The number of anilines is 1. The number of Topliss-reactive ketones (excluding diaryl/α,β-unsaturated/α-hetero) is 1. The number of hydrogen-bond donors (Lipinski definition) is 3. The number of carbonyl (C=O) groups is 3. The van der Waals surface area contributed by atoms with E-state index in [9.17, 15) is 24.6 Å². The quantitative estimate of drug-likeness (QED) is 0.322. The Balaban J connectivity index is 1.67. The largest absolute Gasteiger partial charge is 0.507 e. The van der Waals surface area contributed by atoms with Gasteiger partial charge in [0.1, 0.15) is 17.1 Å². The van der Waals surface area contributed by atoms with Crippen LogP contribution >= 0.6 is 0 Å². The molecule has 0 atom stereocenters. The van der Waals surface area contributed by atoms with E-state index in [1.54, 1.807) is 57.2 Å². The molecule has 31 heavy (non-hydrogen) atoms. The van der Waals surface area contributed by atoms with Crippen LogP contribution in [-0.4, -0.2) is 34.5 Å². The zero-order valence-corrected chi connectivity index (χ0v) is 17.4. The van der Waals surface area contributed by atoms with Crippen LogP contribution in [0.2, 0.25) is 0 Å². The normalized spacial score (nSPS) is 11.2. The Labute approximate surface area is 179 Å². The van der Waals surface area contributed by atoms with E-state index in [2.05, 4.69) is 5.32 Å². The number of ether oxygens (including phenoxy) is 1. The molecule has 3 N–H and O–H groups in total.